The van der Waals surface area contributed by atoms with E-state index in [0.29, 0.717) is 48.3 Å². The number of carbonyl (C=O) groups is 2. The fourth-order valence-corrected chi connectivity index (χ4v) is 4.17. The number of piperazine rings is 1. The number of rotatable bonds is 7. The minimum absolute atomic E-state index is 0.0324. The van der Waals surface area contributed by atoms with E-state index >= 15 is 0 Å². The summed E-state index contributed by atoms with van der Waals surface area (Å²) in [5.74, 6) is 1.08. The first-order valence-electron chi connectivity index (χ1n) is 10.7. The fourth-order valence-electron chi connectivity index (χ4n) is 3.91. The highest BCUT2D eigenvalue weighted by molar-refractivity contribution is 6.33. The Hall–Kier alpha value is -3.19. The number of benzene rings is 1. The number of anilines is 1. The smallest absolute Gasteiger partial charge is 0.257 e. The molecule has 1 aliphatic heterocycles. The van der Waals surface area contributed by atoms with Crippen LogP contribution in [0.2, 0.25) is 5.02 Å². The summed E-state index contributed by atoms with van der Waals surface area (Å²) in [6, 6.07) is 13.0. The van der Waals surface area contributed by atoms with Gasteiger partial charge in [-0.2, -0.15) is 0 Å². The van der Waals surface area contributed by atoms with E-state index in [9.17, 15) is 9.59 Å². The minimum Gasteiger partial charge on any atom is -0.469 e. The van der Waals surface area contributed by atoms with Crippen LogP contribution in [0.4, 0.5) is 5.69 Å². The second kappa shape index (κ2) is 9.96. The number of hydrogen-bond acceptors (Lipinski definition) is 5. The zero-order valence-electron chi connectivity index (χ0n) is 18.0. The molecule has 3 aromatic rings. The third-order valence-corrected chi connectivity index (χ3v) is 6.04. The number of nitrogens with zero attached hydrogens (tertiary/aromatic N) is 3. The summed E-state index contributed by atoms with van der Waals surface area (Å²) in [4.78, 5) is 31.6. The lowest BCUT2D eigenvalue weighted by atomic mass is 10.2. The summed E-state index contributed by atoms with van der Waals surface area (Å²) in [7, 11) is 0. The van der Waals surface area contributed by atoms with Gasteiger partial charge in [0.25, 0.3) is 5.91 Å². The lowest BCUT2D eigenvalue weighted by Gasteiger charge is -2.36. The van der Waals surface area contributed by atoms with Crippen LogP contribution in [-0.4, -0.2) is 54.3 Å². The van der Waals surface area contributed by atoms with Crippen LogP contribution >= 0.6 is 11.6 Å². The van der Waals surface area contributed by atoms with Gasteiger partial charge in [0.2, 0.25) is 5.91 Å². The Morgan fingerprint density at radius 1 is 1.00 bits per heavy atom. The Balaban J connectivity index is 1.35. The summed E-state index contributed by atoms with van der Waals surface area (Å²) in [5, 5.41) is 0.717. The highest BCUT2D eigenvalue weighted by atomic mass is 35.5. The van der Waals surface area contributed by atoms with E-state index < -0.39 is 0 Å². The molecule has 0 unspecified atom stereocenters. The monoisotopic (exact) mass is 455 g/mol. The molecule has 7 nitrogen and oxygen atoms in total. The predicted molar refractivity (Wildman–Crippen MR) is 122 cm³/mol. The van der Waals surface area contributed by atoms with Crippen LogP contribution < -0.4 is 4.90 Å². The minimum atomic E-state index is -0.177. The molecule has 32 heavy (non-hydrogen) atoms. The van der Waals surface area contributed by atoms with Crippen LogP contribution in [0.15, 0.2) is 63.8 Å². The van der Waals surface area contributed by atoms with E-state index in [1.807, 2.05) is 35.2 Å². The first-order chi connectivity index (χ1) is 15.5. The summed E-state index contributed by atoms with van der Waals surface area (Å²) >= 11 is 6.31. The van der Waals surface area contributed by atoms with Gasteiger partial charge >= 0.3 is 0 Å². The first kappa shape index (κ1) is 22.0. The topological polar surface area (TPSA) is 70.1 Å². The van der Waals surface area contributed by atoms with Crippen molar-refractivity contribution in [2.75, 3.05) is 37.6 Å². The van der Waals surface area contributed by atoms with E-state index in [-0.39, 0.29) is 18.2 Å². The molecule has 2 amide bonds. The fraction of sp³-hybridized carbons (Fsp3) is 0.333. The zero-order valence-corrected chi connectivity index (χ0v) is 18.8. The predicted octanol–water partition coefficient (Wildman–Crippen LogP) is 4.22. The number of furan rings is 2. The number of hydrogen-bond donors (Lipinski definition) is 0. The van der Waals surface area contributed by atoms with E-state index in [1.54, 1.807) is 30.2 Å². The van der Waals surface area contributed by atoms with Crippen molar-refractivity contribution in [2.45, 2.75) is 19.9 Å². The molecular weight excluding hydrogens is 430 g/mol. The van der Waals surface area contributed by atoms with Gasteiger partial charge in [-0.05, 0) is 37.3 Å². The van der Waals surface area contributed by atoms with Crippen LogP contribution in [0.25, 0.3) is 0 Å². The van der Waals surface area contributed by atoms with Crippen molar-refractivity contribution < 1.29 is 18.4 Å². The number of halogens is 1. The van der Waals surface area contributed by atoms with Gasteiger partial charge in [-0.3, -0.25) is 9.59 Å². The van der Waals surface area contributed by atoms with Crippen LogP contribution in [0, 0.1) is 6.92 Å². The molecule has 168 valence electrons. The van der Waals surface area contributed by atoms with Gasteiger partial charge in [-0.1, -0.05) is 23.7 Å². The van der Waals surface area contributed by atoms with Crippen molar-refractivity contribution >= 4 is 29.1 Å². The summed E-state index contributed by atoms with van der Waals surface area (Å²) in [5.41, 5.74) is 1.49. The molecule has 1 fully saturated rings. The molecule has 8 heteroatoms. The van der Waals surface area contributed by atoms with Crippen molar-refractivity contribution in [2.24, 2.45) is 0 Å². The van der Waals surface area contributed by atoms with E-state index in [0.717, 1.165) is 18.8 Å². The Labute approximate surface area is 192 Å². The van der Waals surface area contributed by atoms with Crippen LogP contribution in [0.5, 0.6) is 0 Å². The van der Waals surface area contributed by atoms with E-state index in [1.165, 1.54) is 6.26 Å². The third kappa shape index (κ3) is 4.99. The van der Waals surface area contributed by atoms with Crippen molar-refractivity contribution in [3.05, 3.63) is 77.1 Å². The van der Waals surface area contributed by atoms with Crippen molar-refractivity contribution in [1.29, 1.82) is 0 Å². The molecule has 3 heterocycles. The first-order valence-corrected chi connectivity index (χ1v) is 11.0. The molecule has 0 radical (unpaired) electrons. The van der Waals surface area contributed by atoms with Crippen molar-refractivity contribution in [3.8, 4) is 0 Å². The Morgan fingerprint density at radius 3 is 2.44 bits per heavy atom. The van der Waals surface area contributed by atoms with E-state index in [4.69, 9.17) is 20.4 Å². The van der Waals surface area contributed by atoms with Crippen LogP contribution in [0.3, 0.4) is 0 Å². The zero-order chi connectivity index (χ0) is 22.5. The van der Waals surface area contributed by atoms with Crippen molar-refractivity contribution in [3.63, 3.8) is 0 Å². The van der Waals surface area contributed by atoms with Gasteiger partial charge in [-0.15, -0.1) is 0 Å². The van der Waals surface area contributed by atoms with Gasteiger partial charge in [0.1, 0.15) is 11.5 Å². The molecule has 1 aliphatic rings. The Kier molecular flexibility index (Phi) is 6.85. The van der Waals surface area contributed by atoms with Crippen molar-refractivity contribution in [1.82, 2.24) is 9.80 Å². The summed E-state index contributed by atoms with van der Waals surface area (Å²) in [6.07, 6.45) is 3.32. The maximum Gasteiger partial charge on any atom is 0.257 e. The molecule has 0 bridgehead atoms. The number of amides is 2. The third-order valence-electron chi connectivity index (χ3n) is 5.72. The molecule has 4 rings (SSSR count). The van der Waals surface area contributed by atoms with Gasteiger partial charge in [0.05, 0.1) is 35.3 Å². The second-order valence-corrected chi connectivity index (χ2v) is 8.17. The van der Waals surface area contributed by atoms with Gasteiger partial charge in [-0.25, -0.2) is 0 Å². The van der Waals surface area contributed by atoms with E-state index in [2.05, 4.69) is 4.90 Å². The summed E-state index contributed by atoms with van der Waals surface area (Å²) < 4.78 is 10.7. The van der Waals surface area contributed by atoms with Gasteiger partial charge in [0, 0.05) is 39.1 Å². The van der Waals surface area contributed by atoms with Gasteiger partial charge in [0.15, 0.2) is 0 Å². The highest BCUT2D eigenvalue weighted by Crippen LogP contribution is 2.26. The molecule has 1 aromatic carbocycles. The average molecular weight is 456 g/mol. The average Bonchev–Trinajstić information content (AvgIpc) is 3.48. The second-order valence-electron chi connectivity index (χ2n) is 7.77. The quantitative estimate of drug-likeness (QED) is 0.533. The molecule has 2 aromatic heterocycles. The van der Waals surface area contributed by atoms with Crippen LogP contribution in [0.1, 0.15) is 28.3 Å². The molecular formula is C24H26ClN3O4. The maximum absolute atomic E-state index is 13.1. The largest absolute Gasteiger partial charge is 0.469 e. The Bertz CT molecular complexity index is 1050. The lowest BCUT2D eigenvalue weighted by Crippen LogP contribution is -2.49. The molecule has 0 aliphatic carbocycles. The summed E-state index contributed by atoms with van der Waals surface area (Å²) in [6.45, 7) is 5.03. The number of para-hydroxylation sites is 1. The van der Waals surface area contributed by atoms with Crippen LogP contribution in [-0.2, 0) is 11.3 Å². The molecule has 0 saturated carbocycles. The maximum atomic E-state index is 13.1. The molecule has 0 N–H and O–H groups in total. The molecule has 0 spiro atoms. The highest BCUT2D eigenvalue weighted by Gasteiger charge is 2.25. The Morgan fingerprint density at radius 2 is 1.78 bits per heavy atom. The number of carbonyl (C=O) groups excluding carboxylic acids is 2. The van der Waals surface area contributed by atoms with Gasteiger partial charge < -0.3 is 23.5 Å². The standard InChI is InChI=1S/C24H26ClN3O4/c1-18-20(9-16-31-18)24(30)28(17-19-5-4-15-32-19)10-8-23(29)27-13-11-26(12-14-27)22-7-3-2-6-21(22)25/h2-7,9,15-16H,8,10-14,17H2,1H3. The SMILES string of the molecule is Cc1occc1C(=O)N(CCC(=O)N1CCN(c2ccccc2Cl)CC1)Cc1ccco1. The normalized spacial score (nSPS) is 13.9. The molecule has 0 atom stereocenters. The number of aryl methyl sites for hydroxylation is 1. The molecule has 1 saturated heterocycles. The lowest BCUT2D eigenvalue weighted by molar-refractivity contribution is -0.131.